The zero-order valence-electron chi connectivity index (χ0n) is 11.7. The molecule has 0 amide bonds. The summed E-state index contributed by atoms with van der Waals surface area (Å²) in [7, 11) is 0. The molecule has 0 aromatic heterocycles. The third kappa shape index (κ3) is 4.51. The molecule has 0 bridgehead atoms. The van der Waals surface area contributed by atoms with E-state index in [1.807, 2.05) is 12.1 Å². The Morgan fingerprint density at radius 2 is 1.89 bits per heavy atom. The number of phenolic OH excluding ortho intramolecular Hbond substituents is 1. The summed E-state index contributed by atoms with van der Waals surface area (Å²) < 4.78 is 0. The molecule has 1 aromatic carbocycles. The van der Waals surface area contributed by atoms with Gasteiger partial charge in [0.25, 0.3) is 0 Å². The van der Waals surface area contributed by atoms with Gasteiger partial charge in [-0.15, -0.1) is 0 Å². The Labute approximate surface area is 115 Å². The molecule has 0 radical (unpaired) electrons. The van der Waals surface area contributed by atoms with Gasteiger partial charge in [-0.1, -0.05) is 25.0 Å². The Hall–Kier alpha value is -1.06. The standard InChI is InChI=1S/C16H25NO2/c1-12(17-15-4-2-3-5-16(15)19)6-7-13-8-10-14(18)11-9-13/h8-12,15-19H,2-7H2,1H3. The van der Waals surface area contributed by atoms with Crippen molar-refractivity contribution in [2.24, 2.45) is 0 Å². The fourth-order valence-corrected chi connectivity index (χ4v) is 2.80. The number of hydrogen-bond acceptors (Lipinski definition) is 3. The monoisotopic (exact) mass is 263 g/mol. The van der Waals surface area contributed by atoms with Crippen LogP contribution in [0, 0.1) is 0 Å². The molecule has 0 heterocycles. The Balaban J connectivity index is 1.74. The van der Waals surface area contributed by atoms with Gasteiger partial charge in [0.15, 0.2) is 0 Å². The summed E-state index contributed by atoms with van der Waals surface area (Å²) >= 11 is 0. The van der Waals surface area contributed by atoms with Gasteiger partial charge in [-0.05, 0) is 50.3 Å². The van der Waals surface area contributed by atoms with Gasteiger partial charge in [0, 0.05) is 12.1 Å². The van der Waals surface area contributed by atoms with Gasteiger partial charge >= 0.3 is 0 Å². The molecule has 3 unspecified atom stereocenters. The van der Waals surface area contributed by atoms with Gasteiger partial charge in [0.05, 0.1) is 6.10 Å². The molecule has 0 spiro atoms. The second-order valence-corrected chi connectivity index (χ2v) is 5.73. The van der Waals surface area contributed by atoms with E-state index >= 15 is 0 Å². The number of hydrogen-bond donors (Lipinski definition) is 3. The van der Waals surface area contributed by atoms with E-state index in [1.54, 1.807) is 12.1 Å². The maximum absolute atomic E-state index is 9.94. The average Bonchev–Trinajstić information content (AvgIpc) is 2.41. The topological polar surface area (TPSA) is 52.5 Å². The van der Waals surface area contributed by atoms with Crippen LogP contribution in [0.25, 0.3) is 0 Å². The van der Waals surface area contributed by atoms with Crippen molar-refractivity contribution in [1.82, 2.24) is 5.32 Å². The van der Waals surface area contributed by atoms with Crippen molar-refractivity contribution in [3.05, 3.63) is 29.8 Å². The van der Waals surface area contributed by atoms with E-state index in [0.29, 0.717) is 11.8 Å². The van der Waals surface area contributed by atoms with Crippen molar-refractivity contribution < 1.29 is 10.2 Å². The lowest BCUT2D eigenvalue weighted by atomic mass is 9.91. The van der Waals surface area contributed by atoms with Gasteiger partial charge in [0.1, 0.15) is 5.75 Å². The molecule has 106 valence electrons. The summed E-state index contributed by atoms with van der Waals surface area (Å²) in [5, 5.41) is 22.7. The van der Waals surface area contributed by atoms with Crippen molar-refractivity contribution in [2.75, 3.05) is 0 Å². The van der Waals surface area contributed by atoms with Gasteiger partial charge in [0.2, 0.25) is 0 Å². The van der Waals surface area contributed by atoms with E-state index in [0.717, 1.165) is 32.1 Å². The zero-order valence-corrected chi connectivity index (χ0v) is 11.7. The first-order valence-electron chi connectivity index (χ1n) is 7.37. The minimum atomic E-state index is -0.176. The number of nitrogens with one attached hydrogen (secondary N) is 1. The van der Waals surface area contributed by atoms with Gasteiger partial charge < -0.3 is 15.5 Å². The van der Waals surface area contributed by atoms with Crippen molar-refractivity contribution in [3.63, 3.8) is 0 Å². The number of rotatable bonds is 5. The highest BCUT2D eigenvalue weighted by atomic mass is 16.3. The van der Waals surface area contributed by atoms with Crippen LogP contribution in [-0.2, 0) is 6.42 Å². The van der Waals surface area contributed by atoms with E-state index in [2.05, 4.69) is 12.2 Å². The van der Waals surface area contributed by atoms with Gasteiger partial charge in [-0.3, -0.25) is 0 Å². The molecule has 1 fully saturated rings. The molecule has 0 saturated heterocycles. The second kappa shape index (κ2) is 6.92. The first-order valence-corrected chi connectivity index (χ1v) is 7.37. The fourth-order valence-electron chi connectivity index (χ4n) is 2.80. The summed E-state index contributed by atoms with van der Waals surface area (Å²) in [6.45, 7) is 2.18. The van der Waals surface area contributed by atoms with E-state index < -0.39 is 0 Å². The fraction of sp³-hybridized carbons (Fsp3) is 0.625. The summed E-state index contributed by atoms with van der Waals surface area (Å²) in [4.78, 5) is 0. The lowest BCUT2D eigenvalue weighted by molar-refractivity contribution is 0.0854. The quantitative estimate of drug-likeness (QED) is 0.765. The molecule has 1 saturated carbocycles. The first-order chi connectivity index (χ1) is 9.15. The number of aliphatic hydroxyl groups is 1. The predicted molar refractivity (Wildman–Crippen MR) is 77.3 cm³/mol. The predicted octanol–water partition coefficient (Wildman–Crippen LogP) is 2.61. The minimum absolute atomic E-state index is 0.176. The van der Waals surface area contributed by atoms with E-state index in [1.165, 1.54) is 12.0 Å². The van der Waals surface area contributed by atoms with Crippen LogP contribution in [0.3, 0.4) is 0 Å². The molecule has 19 heavy (non-hydrogen) atoms. The Morgan fingerprint density at radius 3 is 2.58 bits per heavy atom. The number of aliphatic hydroxyl groups excluding tert-OH is 1. The molecular weight excluding hydrogens is 238 g/mol. The molecule has 0 aliphatic heterocycles. The molecule has 3 nitrogen and oxygen atoms in total. The lowest BCUT2D eigenvalue weighted by Crippen LogP contribution is -2.46. The van der Waals surface area contributed by atoms with Crippen molar-refractivity contribution in [1.29, 1.82) is 0 Å². The van der Waals surface area contributed by atoms with E-state index in [9.17, 15) is 10.2 Å². The highest BCUT2D eigenvalue weighted by molar-refractivity contribution is 5.25. The highest BCUT2D eigenvalue weighted by Gasteiger charge is 2.23. The summed E-state index contributed by atoms with van der Waals surface area (Å²) in [5.74, 6) is 0.320. The molecule has 1 aromatic rings. The maximum Gasteiger partial charge on any atom is 0.115 e. The third-order valence-corrected chi connectivity index (χ3v) is 4.03. The molecule has 3 heteroatoms. The summed E-state index contributed by atoms with van der Waals surface area (Å²) in [6, 6.07) is 8.08. The molecule has 3 atom stereocenters. The van der Waals surface area contributed by atoms with Crippen LogP contribution in [0.4, 0.5) is 0 Å². The molecule has 3 N–H and O–H groups in total. The van der Waals surface area contributed by atoms with Gasteiger partial charge in [-0.2, -0.15) is 0 Å². The lowest BCUT2D eigenvalue weighted by Gasteiger charge is -2.31. The number of phenols is 1. The van der Waals surface area contributed by atoms with Crippen LogP contribution >= 0.6 is 0 Å². The van der Waals surface area contributed by atoms with Crippen molar-refractivity contribution in [3.8, 4) is 5.75 Å². The normalized spacial score (nSPS) is 25.2. The van der Waals surface area contributed by atoms with Crippen LogP contribution in [0.5, 0.6) is 5.75 Å². The SMILES string of the molecule is CC(CCc1ccc(O)cc1)NC1CCCCC1O. The van der Waals surface area contributed by atoms with Gasteiger partial charge in [-0.25, -0.2) is 0 Å². The minimum Gasteiger partial charge on any atom is -0.508 e. The zero-order chi connectivity index (χ0) is 13.7. The maximum atomic E-state index is 9.94. The second-order valence-electron chi connectivity index (χ2n) is 5.73. The van der Waals surface area contributed by atoms with Crippen LogP contribution in [-0.4, -0.2) is 28.4 Å². The smallest absolute Gasteiger partial charge is 0.115 e. The van der Waals surface area contributed by atoms with Crippen LogP contribution in [0.15, 0.2) is 24.3 Å². The van der Waals surface area contributed by atoms with Crippen LogP contribution in [0.1, 0.15) is 44.6 Å². The van der Waals surface area contributed by atoms with Crippen molar-refractivity contribution >= 4 is 0 Å². The first kappa shape index (κ1) is 14.4. The van der Waals surface area contributed by atoms with Crippen LogP contribution in [0.2, 0.25) is 0 Å². The largest absolute Gasteiger partial charge is 0.508 e. The Morgan fingerprint density at radius 1 is 1.21 bits per heavy atom. The molecular formula is C16H25NO2. The highest BCUT2D eigenvalue weighted by Crippen LogP contribution is 2.19. The van der Waals surface area contributed by atoms with Crippen LogP contribution < -0.4 is 5.32 Å². The Kier molecular flexibility index (Phi) is 5.23. The summed E-state index contributed by atoms with van der Waals surface area (Å²) in [5.41, 5.74) is 1.25. The average molecular weight is 263 g/mol. The molecule has 1 aliphatic rings. The van der Waals surface area contributed by atoms with E-state index in [4.69, 9.17) is 0 Å². The van der Waals surface area contributed by atoms with E-state index in [-0.39, 0.29) is 12.1 Å². The van der Waals surface area contributed by atoms with Crippen molar-refractivity contribution in [2.45, 2.75) is 63.6 Å². The third-order valence-electron chi connectivity index (χ3n) is 4.03. The molecule has 2 rings (SSSR count). The Bertz CT molecular complexity index is 377. The number of aromatic hydroxyl groups is 1. The summed E-state index contributed by atoms with van der Waals surface area (Å²) in [6.07, 6.45) is 6.27. The number of benzene rings is 1. The number of aryl methyl sites for hydroxylation is 1. The molecule has 1 aliphatic carbocycles.